The summed E-state index contributed by atoms with van der Waals surface area (Å²) in [5.74, 6) is 1.35. The van der Waals surface area contributed by atoms with Crippen molar-refractivity contribution in [3.63, 3.8) is 0 Å². The molecule has 1 unspecified atom stereocenters. The third-order valence-corrected chi connectivity index (χ3v) is 3.74. The molecule has 0 fully saturated rings. The van der Waals surface area contributed by atoms with Crippen molar-refractivity contribution in [1.29, 1.82) is 0 Å². The summed E-state index contributed by atoms with van der Waals surface area (Å²) in [6.45, 7) is 3.77. The van der Waals surface area contributed by atoms with Crippen LogP contribution in [0, 0.1) is 0 Å². The maximum Gasteiger partial charge on any atom is 0.230 e. The van der Waals surface area contributed by atoms with E-state index in [0.29, 0.717) is 30.7 Å². The highest BCUT2D eigenvalue weighted by molar-refractivity contribution is 8.00. The smallest absolute Gasteiger partial charge is 0.230 e. The Hall–Kier alpha value is -1.20. The van der Waals surface area contributed by atoms with E-state index < -0.39 is 0 Å². The molecule has 1 aromatic carbocycles. The van der Waals surface area contributed by atoms with E-state index in [1.807, 2.05) is 30.3 Å². The van der Waals surface area contributed by atoms with Gasteiger partial charge in [-0.3, -0.25) is 4.79 Å². The SMILES string of the molecule is CC(CCN)SCC(=O)NCCOc1ccccc1. The molecular weight excluding hydrogens is 260 g/mol. The number of carbonyl (C=O) groups excluding carboxylic acids is 1. The lowest BCUT2D eigenvalue weighted by Crippen LogP contribution is -2.30. The van der Waals surface area contributed by atoms with E-state index in [1.165, 1.54) is 0 Å². The number of thioether (sulfide) groups is 1. The summed E-state index contributed by atoms with van der Waals surface area (Å²) in [4.78, 5) is 11.5. The van der Waals surface area contributed by atoms with Gasteiger partial charge in [-0.05, 0) is 25.1 Å². The average Bonchev–Trinajstić information content (AvgIpc) is 2.43. The van der Waals surface area contributed by atoms with Crippen molar-refractivity contribution >= 4 is 17.7 Å². The largest absolute Gasteiger partial charge is 0.492 e. The van der Waals surface area contributed by atoms with Gasteiger partial charge < -0.3 is 15.8 Å². The number of benzene rings is 1. The Labute approximate surface area is 119 Å². The van der Waals surface area contributed by atoms with Crippen molar-refractivity contribution in [3.8, 4) is 5.75 Å². The van der Waals surface area contributed by atoms with Gasteiger partial charge in [0.1, 0.15) is 12.4 Å². The molecule has 0 saturated heterocycles. The Morgan fingerprint density at radius 3 is 2.84 bits per heavy atom. The van der Waals surface area contributed by atoms with Crippen LogP contribution in [0.4, 0.5) is 0 Å². The van der Waals surface area contributed by atoms with Gasteiger partial charge in [0.2, 0.25) is 5.91 Å². The van der Waals surface area contributed by atoms with Crippen molar-refractivity contribution in [2.75, 3.05) is 25.4 Å². The molecule has 1 atom stereocenters. The van der Waals surface area contributed by atoms with Gasteiger partial charge in [-0.15, -0.1) is 11.8 Å². The molecule has 0 aliphatic carbocycles. The molecule has 106 valence electrons. The number of nitrogens with one attached hydrogen (secondary N) is 1. The van der Waals surface area contributed by atoms with Gasteiger partial charge in [0.25, 0.3) is 0 Å². The lowest BCUT2D eigenvalue weighted by Gasteiger charge is -2.10. The van der Waals surface area contributed by atoms with Crippen LogP contribution in [0.3, 0.4) is 0 Å². The van der Waals surface area contributed by atoms with Crippen LogP contribution in [0.1, 0.15) is 13.3 Å². The summed E-state index contributed by atoms with van der Waals surface area (Å²) in [5.41, 5.74) is 5.46. The molecule has 0 saturated carbocycles. The van der Waals surface area contributed by atoms with Gasteiger partial charge in [0.15, 0.2) is 0 Å². The number of carbonyl (C=O) groups is 1. The first-order chi connectivity index (χ1) is 9.22. The average molecular weight is 282 g/mol. The van der Waals surface area contributed by atoms with Crippen LogP contribution in [0.15, 0.2) is 30.3 Å². The number of rotatable bonds is 9. The summed E-state index contributed by atoms with van der Waals surface area (Å²) in [6.07, 6.45) is 0.940. The number of hydrogen-bond acceptors (Lipinski definition) is 4. The third kappa shape index (κ3) is 7.74. The van der Waals surface area contributed by atoms with Crippen LogP contribution in [0.5, 0.6) is 5.75 Å². The molecule has 1 aromatic rings. The molecule has 19 heavy (non-hydrogen) atoms. The van der Waals surface area contributed by atoms with Crippen molar-refractivity contribution < 1.29 is 9.53 Å². The van der Waals surface area contributed by atoms with Gasteiger partial charge in [0, 0.05) is 5.25 Å². The molecular formula is C14H22N2O2S. The fraction of sp³-hybridized carbons (Fsp3) is 0.500. The minimum atomic E-state index is 0.0468. The van der Waals surface area contributed by atoms with Crippen LogP contribution >= 0.6 is 11.8 Å². The summed E-state index contributed by atoms with van der Waals surface area (Å²) in [5, 5.41) is 3.26. The molecule has 0 radical (unpaired) electrons. The maximum absolute atomic E-state index is 11.5. The summed E-state index contributed by atoms with van der Waals surface area (Å²) >= 11 is 1.63. The predicted octanol–water partition coefficient (Wildman–Crippen LogP) is 1.65. The molecule has 4 nitrogen and oxygen atoms in total. The molecule has 1 rings (SSSR count). The van der Waals surface area contributed by atoms with Crippen molar-refractivity contribution in [1.82, 2.24) is 5.32 Å². The molecule has 0 aliphatic heterocycles. The summed E-state index contributed by atoms with van der Waals surface area (Å²) in [6, 6.07) is 9.57. The van der Waals surface area contributed by atoms with Crippen LogP contribution in [-0.4, -0.2) is 36.6 Å². The van der Waals surface area contributed by atoms with E-state index in [0.717, 1.165) is 12.2 Å². The molecule has 0 aromatic heterocycles. The molecule has 1 amide bonds. The van der Waals surface area contributed by atoms with Crippen molar-refractivity contribution in [2.45, 2.75) is 18.6 Å². The number of ether oxygens (including phenoxy) is 1. The lowest BCUT2D eigenvalue weighted by atomic mass is 10.3. The van der Waals surface area contributed by atoms with Crippen LogP contribution in [-0.2, 0) is 4.79 Å². The van der Waals surface area contributed by atoms with Crippen LogP contribution in [0.2, 0.25) is 0 Å². The predicted molar refractivity (Wildman–Crippen MR) is 80.5 cm³/mol. The second-order valence-corrected chi connectivity index (χ2v) is 5.64. The highest BCUT2D eigenvalue weighted by atomic mass is 32.2. The zero-order valence-corrected chi connectivity index (χ0v) is 12.1. The van der Waals surface area contributed by atoms with Crippen LogP contribution in [0.25, 0.3) is 0 Å². The van der Waals surface area contributed by atoms with Gasteiger partial charge in [-0.1, -0.05) is 25.1 Å². The highest BCUT2D eigenvalue weighted by Crippen LogP contribution is 2.12. The van der Waals surface area contributed by atoms with Crippen LogP contribution < -0.4 is 15.8 Å². The molecule has 0 heterocycles. The van der Waals surface area contributed by atoms with E-state index in [4.69, 9.17) is 10.5 Å². The minimum Gasteiger partial charge on any atom is -0.492 e. The van der Waals surface area contributed by atoms with Gasteiger partial charge in [0.05, 0.1) is 12.3 Å². The van der Waals surface area contributed by atoms with Gasteiger partial charge >= 0.3 is 0 Å². The van der Waals surface area contributed by atoms with E-state index in [9.17, 15) is 4.79 Å². The van der Waals surface area contributed by atoms with E-state index in [2.05, 4.69) is 12.2 Å². The first kappa shape index (κ1) is 15.9. The molecule has 0 spiro atoms. The zero-order chi connectivity index (χ0) is 13.9. The Morgan fingerprint density at radius 2 is 2.16 bits per heavy atom. The lowest BCUT2D eigenvalue weighted by molar-refractivity contribution is -0.118. The number of hydrogen-bond donors (Lipinski definition) is 2. The topological polar surface area (TPSA) is 64.4 Å². The van der Waals surface area contributed by atoms with E-state index in [-0.39, 0.29) is 5.91 Å². The quantitative estimate of drug-likeness (QED) is 0.676. The minimum absolute atomic E-state index is 0.0468. The second kappa shape index (κ2) is 9.69. The summed E-state index contributed by atoms with van der Waals surface area (Å²) in [7, 11) is 0. The van der Waals surface area contributed by atoms with E-state index in [1.54, 1.807) is 11.8 Å². The Kier molecular flexibility index (Phi) is 8.09. The molecule has 0 aliphatic rings. The van der Waals surface area contributed by atoms with Crippen molar-refractivity contribution in [3.05, 3.63) is 30.3 Å². The van der Waals surface area contributed by atoms with Gasteiger partial charge in [-0.25, -0.2) is 0 Å². The number of para-hydroxylation sites is 1. The standard InChI is InChI=1S/C14H22N2O2S/c1-12(7-8-15)19-11-14(17)16-9-10-18-13-5-3-2-4-6-13/h2-6,12H,7-11,15H2,1H3,(H,16,17). The Morgan fingerprint density at radius 1 is 1.42 bits per heavy atom. The molecule has 0 bridgehead atoms. The first-order valence-corrected chi connectivity index (χ1v) is 7.53. The fourth-order valence-electron chi connectivity index (χ4n) is 1.46. The molecule has 5 heteroatoms. The fourth-order valence-corrected chi connectivity index (χ4v) is 2.30. The summed E-state index contributed by atoms with van der Waals surface area (Å²) < 4.78 is 5.48. The van der Waals surface area contributed by atoms with E-state index >= 15 is 0 Å². The normalized spacial score (nSPS) is 11.9. The highest BCUT2D eigenvalue weighted by Gasteiger charge is 2.05. The molecule has 3 N–H and O–H groups in total. The zero-order valence-electron chi connectivity index (χ0n) is 11.3. The maximum atomic E-state index is 11.5. The first-order valence-electron chi connectivity index (χ1n) is 6.48. The van der Waals surface area contributed by atoms with Crippen molar-refractivity contribution in [2.24, 2.45) is 5.73 Å². The Balaban J connectivity index is 2.04. The Bertz CT molecular complexity index is 360. The monoisotopic (exact) mass is 282 g/mol. The third-order valence-electron chi connectivity index (χ3n) is 2.51. The number of nitrogens with two attached hydrogens (primary N) is 1. The van der Waals surface area contributed by atoms with Gasteiger partial charge in [-0.2, -0.15) is 0 Å². The second-order valence-electron chi connectivity index (χ2n) is 4.21. The number of amides is 1.